The fourth-order valence-electron chi connectivity index (χ4n) is 17.1. The molecule has 0 spiro atoms. The maximum atomic E-state index is 13.6. The molecule has 4 aliphatic heterocycles. The highest BCUT2D eigenvalue weighted by atomic mass is 35.5. The van der Waals surface area contributed by atoms with Crippen molar-refractivity contribution in [2.24, 2.45) is 47.3 Å². The zero-order valence-corrected chi connectivity index (χ0v) is 85.5. The van der Waals surface area contributed by atoms with Crippen molar-refractivity contribution >= 4 is 203 Å². The maximum absolute atomic E-state index is 13.6. The van der Waals surface area contributed by atoms with Gasteiger partial charge in [-0.1, -0.05) is 86.6 Å². The Bertz CT molecular complexity index is 5780. The maximum Gasteiger partial charge on any atom is 0.224 e. The van der Waals surface area contributed by atoms with Crippen LogP contribution in [-0.2, 0) is 102 Å². The number of allylic oxidation sites excluding steroid dienone is 4. The lowest BCUT2D eigenvalue weighted by molar-refractivity contribution is -0.131. The minimum Gasteiger partial charge on any atom is -0.381 e. The van der Waals surface area contributed by atoms with Crippen LogP contribution in [0.5, 0.6) is 0 Å². The SMILES string of the molecule is C=C(C#N)C(=O)CC[C@@H](NC(=O)[C@@H](CC(=O)CC)Cc1nc2ccc(Cl)cc2s1)C1CCOCC1.C=C(C#N)C(=O)CC[C@@H](NC(=O)[C@@H](CC(=O)CCC)Cc1nc2ccc(Cl)cc2s1)C1CCOCC1.C=C(C#N)C(=O)CC[C@@H](NC(=O)[C@@H](CC(=O)NC)Cc1nc2ccc(Cl)cc2s1)C1CCOCC1.C=C(C#N)C(=O)CC[C@@H](NC(=O)[C@@H](CC(C)=O)Cc1nc2ccc(Cl)cc2s1)C1CCOCC1. The van der Waals surface area contributed by atoms with Gasteiger partial charge in [0, 0.05) is 194 Å². The predicted molar refractivity (Wildman–Crippen MR) is 544 cm³/mol. The van der Waals surface area contributed by atoms with Gasteiger partial charge < -0.3 is 50.3 Å². The van der Waals surface area contributed by atoms with Gasteiger partial charge in [-0.05, 0) is 187 Å². The Balaban J connectivity index is 0.000000209. The Hall–Kier alpha value is -10.6. The highest BCUT2D eigenvalue weighted by molar-refractivity contribution is 7.19. The van der Waals surface area contributed by atoms with Crippen LogP contribution in [0.3, 0.4) is 0 Å². The molecule has 29 nitrogen and oxygen atoms in total. The Morgan fingerprint density at radius 2 is 0.621 bits per heavy atom. The van der Waals surface area contributed by atoms with E-state index in [4.69, 9.17) is 86.4 Å². The van der Waals surface area contributed by atoms with Crippen LogP contribution in [0.25, 0.3) is 40.9 Å². The third-order valence-corrected chi connectivity index (χ3v) is 30.2. The average Bonchev–Trinajstić information content (AvgIpc) is 1.69. The number of aromatic nitrogens is 4. The van der Waals surface area contributed by atoms with E-state index in [0.29, 0.717) is 137 Å². The predicted octanol–water partition coefficient (Wildman–Crippen LogP) is 18.0. The molecule has 744 valence electrons. The molecule has 4 aliphatic rings. The van der Waals surface area contributed by atoms with Crippen molar-refractivity contribution in [2.45, 2.75) is 218 Å². The first kappa shape index (κ1) is 113. The van der Waals surface area contributed by atoms with Gasteiger partial charge in [-0.25, -0.2) is 19.9 Å². The molecule has 140 heavy (non-hydrogen) atoms. The Morgan fingerprint density at radius 3 is 0.850 bits per heavy atom. The lowest BCUT2D eigenvalue weighted by Crippen LogP contribution is -2.46. The van der Waals surface area contributed by atoms with Crippen LogP contribution in [-0.4, -0.2) is 174 Å². The van der Waals surface area contributed by atoms with Crippen LogP contribution in [0, 0.1) is 92.7 Å². The summed E-state index contributed by atoms with van der Waals surface area (Å²) in [5, 5.41) is 56.4. The fourth-order valence-corrected chi connectivity index (χ4v) is 22.4. The summed E-state index contributed by atoms with van der Waals surface area (Å²) in [6.07, 6.45) is 11.5. The minimum atomic E-state index is -0.627. The summed E-state index contributed by atoms with van der Waals surface area (Å²) in [5.74, 6) is -4.15. The first-order valence-electron chi connectivity index (χ1n) is 47.1. The van der Waals surface area contributed by atoms with Gasteiger partial charge in [0.25, 0.3) is 0 Å². The molecule has 0 bridgehead atoms. The van der Waals surface area contributed by atoms with Crippen molar-refractivity contribution < 1.29 is 76.5 Å². The first-order valence-corrected chi connectivity index (χ1v) is 51.9. The molecule has 0 saturated carbocycles. The largest absolute Gasteiger partial charge is 0.381 e. The molecule has 5 amide bonds. The first-order chi connectivity index (χ1) is 67.2. The van der Waals surface area contributed by atoms with E-state index in [1.165, 1.54) is 59.3 Å². The number of rotatable bonds is 47. The molecule has 8 atom stereocenters. The summed E-state index contributed by atoms with van der Waals surface area (Å²) in [7, 11) is 1.54. The third-order valence-electron chi connectivity index (χ3n) is 25.1. The lowest BCUT2D eigenvalue weighted by atomic mass is 9.87. The number of Topliss-reactive ketones (excluding diaryl/α,β-unsaturated/α-hetero) is 7. The average molecular weight is 2070 g/mol. The molecule has 0 radical (unpaired) electrons. The van der Waals surface area contributed by atoms with E-state index in [-0.39, 0.29) is 192 Å². The number of amides is 5. The van der Waals surface area contributed by atoms with E-state index < -0.39 is 23.7 Å². The van der Waals surface area contributed by atoms with Crippen molar-refractivity contribution in [2.75, 3.05) is 59.9 Å². The zero-order chi connectivity index (χ0) is 101. The molecule has 0 unspecified atom stereocenters. The van der Waals surface area contributed by atoms with Gasteiger partial charge in [-0.15, -0.1) is 45.3 Å². The second kappa shape index (κ2) is 58.1. The number of halogens is 4. The Morgan fingerprint density at radius 1 is 0.379 bits per heavy atom. The second-order valence-electron chi connectivity index (χ2n) is 35.3. The molecule has 37 heteroatoms. The van der Waals surface area contributed by atoms with Crippen LogP contribution in [0.15, 0.2) is 121 Å². The molecule has 0 aliphatic carbocycles. The van der Waals surface area contributed by atoms with Gasteiger partial charge >= 0.3 is 0 Å². The number of carbonyl (C=O) groups is 12. The highest BCUT2D eigenvalue weighted by Crippen LogP contribution is 2.36. The quantitative estimate of drug-likeness (QED) is 0.0175. The third kappa shape index (κ3) is 36.4. The van der Waals surface area contributed by atoms with Gasteiger partial charge in [-0.2, -0.15) is 21.0 Å². The number of nitrogens with zero attached hydrogens (tertiary/aromatic N) is 8. The fraction of sp³-hybridized carbons (Fsp3) is 0.495. The topological polar surface area (TPSA) is 449 Å². The number of hydrogen-bond acceptors (Lipinski definition) is 28. The molecule has 8 aromatic rings. The number of thiazole rings is 4. The van der Waals surface area contributed by atoms with E-state index in [1.807, 2.05) is 55.5 Å². The van der Waals surface area contributed by atoms with Crippen molar-refractivity contribution in [3.8, 4) is 24.3 Å². The number of hydrogen-bond donors (Lipinski definition) is 5. The summed E-state index contributed by atoms with van der Waals surface area (Å²) in [4.78, 5) is 170. The van der Waals surface area contributed by atoms with Crippen molar-refractivity contribution in [1.29, 1.82) is 21.0 Å². The number of fused-ring (bicyclic) bond motifs is 4. The number of ketones is 7. The molecule has 12 rings (SSSR count). The number of benzene rings is 4. The standard InChI is InChI=1S/C27H32ClN3O4S.C26H30ClN3O4S.C25H29ClN4O4S.C25H28ClN3O4S/c1-3-4-21(32)13-19(14-26-30-23-6-5-20(28)15-25(23)36-26)27(34)31-22(18-9-11-35-12-10-18)7-8-24(33)17(2)16-29;1-3-20(31)12-18(13-25-29-22-5-4-19(27)14-24(22)35-25)26(33)30-21(17-8-10-34-11-9-17)6-7-23(32)16(2)15-28;1-15(14-27)21(31)6-5-19(16-7-9-34-10-8-16)30-25(33)17(11-23(32)28-2)12-24-29-20-4-3-18(26)13-22(20)35-24;1-15(14-27)22(31)6-5-20(17-7-9-33-10-8-17)29-25(32)18(11-16(2)30)12-24-28-21-4-3-19(26)13-23(21)34-24/h5-6,15,18-19,22H,2-4,7-14H2,1H3,(H,31,34);4-5,14,17-18,21H,2-3,6-13H2,1H3,(H,30,33);3-4,13,16-17,19H,1,5-12H2,2H3,(H,28,32)(H,30,33);3-4,13,17-18,20H,1,5-12H2,2H3,(H,29,32)/t19-,22+;18-,21+;17-,19+;18-,20+/m0000/s1. The molecule has 4 saturated heterocycles. The van der Waals surface area contributed by atoms with Crippen molar-refractivity contribution in [1.82, 2.24) is 46.5 Å². The van der Waals surface area contributed by atoms with Crippen LogP contribution in [0.1, 0.15) is 188 Å². The van der Waals surface area contributed by atoms with Gasteiger partial charge in [0.1, 0.15) is 41.6 Å². The molecular formula is C103H119Cl4N13O16S4. The van der Waals surface area contributed by atoms with E-state index in [9.17, 15) is 57.5 Å². The van der Waals surface area contributed by atoms with E-state index >= 15 is 0 Å². The smallest absolute Gasteiger partial charge is 0.224 e. The molecule has 4 aromatic heterocycles. The summed E-state index contributed by atoms with van der Waals surface area (Å²) in [5.41, 5.74) is 2.90. The number of carbonyl (C=O) groups excluding carboxylic acids is 12. The molecule has 4 aromatic carbocycles. The monoisotopic (exact) mass is 2060 g/mol. The minimum absolute atomic E-state index is 0.0115. The summed E-state index contributed by atoms with van der Waals surface area (Å²) < 4.78 is 25.6. The van der Waals surface area contributed by atoms with Gasteiger partial charge in [-0.3, -0.25) is 52.7 Å². The summed E-state index contributed by atoms with van der Waals surface area (Å²) >= 11 is 30.2. The molecule has 4 fully saturated rings. The Labute approximate surface area is 851 Å². The van der Waals surface area contributed by atoms with E-state index in [2.05, 4.69) is 72.8 Å². The normalized spacial score (nSPS) is 15.8. The lowest BCUT2D eigenvalue weighted by Gasteiger charge is -2.32. The summed E-state index contributed by atoms with van der Waals surface area (Å²) in [6, 6.07) is 28.0. The Kier molecular flexibility index (Phi) is 46.9. The molecular weight excluding hydrogens is 1950 g/mol. The second-order valence-corrected chi connectivity index (χ2v) is 41.5. The molecule has 5 N–H and O–H groups in total. The highest BCUT2D eigenvalue weighted by Gasteiger charge is 2.37. The van der Waals surface area contributed by atoms with Crippen molar-refractivity contribution in [3.63, 3.8) is 0 Å². The van der Waals surface area contributed by atoms with E-state index in [1.54, 1.807) is 55.5 Å². The number of ether oxygens (including phenoxy) is 4. The van der Waals surface area contributed by atoms with Crippen LogP contribution in [0.2, 0.25) is 20.1 Å². The van der Waals surface area contributed by atoms with Crippen LogP contribution >= 0.6 is 91.8 Å². The van der Waals surface area contributed by atoms with E-state index in [0.717, 1.165) is 119 Å². The van der Waals surface area contributed by atoms with Gasteiger partial charge in [0.15, 0.2) is 23.1 Å². The van der Waals surface area contributed by atoms with Crippen LogP contribution < -0.4 is 26.6 Å². The zero-order valence-electron chi connectivity index (χ0n) is 79.2. The molecule has 8 heterocycles. The van der Waals surface area contributed by atoms with Gasteiger partial charge in [0.2, 0.25) is 29.5 Å². The summed E-state index contributed by atoms with van der Waals surface area (Å²) in [6.45, 7) is 23.9. The van der Waals surface area contributed by atoms with Gasteiger partial charge in [0.05, 0.1) is 107 Å². The number of nitrogens with one attached hydrogen (secondary N) is 5. The van der Waals surface area contributed by atoms with Crippen LogP contribution in [0.4, 0.5) is 0 Å². The van der Waals surface area contributed by atoms with Crippen molar-refractivity contribution in [3.05, 3.63) is 162 Å². The number of nitriles is 4.